The normalized spacial score (nSPS) is 12.0. The van der Waals surface area contributed by atoms with Crippen molar-refractivity contribution in [3.05, 3.63) is 82.4 Å². The van der Waals surface area contributed by atoms with Crippen LogP contribution in [0, 0.1) is 0 Å². The number of rotatable bonds is 7. The summed E-state index contributed by atoms with van der Waals surface area (Å²) in [6.07, 6.45) is 0.771. The van der Waals surface area contributed by atoms with Crippen molar-refractivity contribution in [1.82, 2.24) is 9.97 Å². The third-order valence-electron chi connectivity index (χ3n) is 4.47. The highest BCUT2D eigenvalue weighted by Gasteiger charge is 2.24. The Labute approximate surface area is 176 Å². The third kappa shape index (κ3) is 4.26. The predicted molar refractivity (Wildman–Crippen MR) is 116 cm³/mol. The van der Waals surface area contributed by atoms with Crippen molar-refractivity contribution in [3.8, 4) is 0 Å². The highest BCUT2D eigenvalue weighted by molar-refractivity contribution is 7.98. The standard InChI is InChI=1S/C22H18N2O3S2/c1-14(21(25)18-10-23-19-8-4-2-6-16(18)19)27-22(26)17-7-3-5-9-20(17)29-12-15-11-28-13-24-15/h2-11,13-14,23H,12H2,1H3/t14-/m1/s1. The maximum Gasteiger partial charge on any atom is 0.339 e. The fraction of sp³-hybridized carbons (Fsp3) is 0.136. The van der Waals surface area contributed by atoms with Crippen LogP contribution in [0.25, 0.3) is 10.9 Å². The van der Waals surface area contributed by atoms with Crippen molar-refractivity contribution in [2.75, 3.05) is 0 Å². The first-order valence-corrected chi connectivity index (χ1v) is 11.0. The average Bonchev–Trinajstić information content (AvgIpc) is 3.41. The van der Waals surface area contributed by atoms with Crippen LogP contribution in [0.1, 0.15) is 33.3 Å². The number of carbonyl (C=O) groups excluding carboxylic acids is 2. The quantitative estimate of drug-likeness (QED) is 0.247. The maximum atomic E-state index is 12.8. The largest absolute Gasteiger partial charge is 0.451 e. The molecular weight excluding hydrogens is 404 g/mol. The number of Topliss-reactive ketones (excluding diaryl/α,β-unsaturated/α-hetero) is 1. The van der Waals surface area contributed by atoms with Gasteiger partial charge in [-0.2, -0.15) is 0 Å². The molecule has 4 rings (SSSR count). The molecule has 0 amide bonds. The number of aromatic nitrogens is 2. The highest BCUT2D eigenvalue weighted by Crippen LogP contribution is 2.27. The van der Waals surface area contributed by atoms with E-state index in [1.165, 1.54) is 11.8 Å². The molecule has 0 bridgehead atoms. The number of ether oxygens (including phenoxy) is 1. The number of esters is 1. The van der Waals surface area contributed by atoms with E-state index in [1.54, 1.807) is 42.1 Å². The second kappa shape index (κ2) is 8.63. The van der Waals surface area contributed by atoms with E-state index in [-0.39, 0.29) is 5.78 Å². The summed E-state index contributed by atoms with van der Waals surface area (Å²) in [6.45, 7) is 1.60. The number of hydrogen-bond donors (Lipinski definition) is 1. The van der Waals surface area contributed by atoms with Crippen molar-refractivity contribution >= 4 is 45.8 Å². The van der Waals surface area contributed by atoms with Crippen LogP contribution < -0.4 is 0 Å². The lowest BCUT2D eigenvalue weighted by Gasteiger charge is -2.14. The zero-order valence-electron chi connectivity index (χ0n) is 15.6. The van der Waals surface area contributed by atoms with E-state index in [4.69, 9.17) is 4.74 Å². The average molecular weight is 423 g/mol. The van der Waals surface area contributed by atoms with Crippen LogP contribution in [0.15, 0.2) is 70.5 Å². The first-order chi connectivity index (χ1) is 14.1. The zero-order chi connectivity index (χ0) is 20.2. The van der Waals surface area contributed by atoms with Crippen LogP contribution in [0.2, 0.25) is 0 Å². The topological polar surface area (TPSA) is 72.0 Å². The van der Waals surface area contributed by atoms with Crippen LogP contribution in [-0.2, 0) is 10.5 Å². The van der Waals surface area contributed by atoms with Crippen LogP contribution in [0.5, 0.6) is 0 Å². The molecule has 0 unspecified atom stereocenters. The Balaban J connectivity index is 1.48. The SMILES string of the molecule is C[C@@H](OC(=O)c1ccccc1SCc1cscn1)C(=O)c1c[nH]c2ccccc12. The number of aromatic amines is 1. The van der Waals surface area contributed by atoms with Gasteiger partial charge in [0.25, 0.3) is 0 Å². The third-order valence-corrected chi connectivity index (χ3v) is 6.22. The molecule has 0 spiro atoms. The number of para-hydroxylation sites is 1. The van der Waals surface area contributed by atoms with Crippen LogP contribution >= 0.6 is 23.1 Å². The molecule has 29 heavy (non-hydrogen) atoms. The second-order valence-electron chi connectivity index (χ2n) is 6.42. The van der Waals surface area contributed by atoms with Crippen molar-refractivity contribution in [3.63, 3.8) is 0 Å². The summed E-state index contributed by atoms with van der Waals surface area (Å²) < 4.78 is 5.52. The van der Waals surface area contributed by atoms with Crippen LogP contribution in [0.3, 0.4) is 0 Å². The Hall–Kier alpha value is -2.90. The lowest BCUT2D eigenvalue weighted by atomic mass is 10.1. The number of carbonyl (C=O) groups is 2. The minimum Gasteiger partial charge on any atom is -0.451 e. The fourth-order valence-electron chi connectivity index (χ4n) is 2.99. The molecule has 4 aromatic rings. The number of thiazole rings is 1. The molecule has 0 radical (unpaired) electrons. The molecule has 1 N–H and O–H groups in total. The molecule has 0 saturated heterocycles. The molecule has 7 heteroatoms. The van der Waals surface area contributed by atoms with Crippen LogP contribution in [-0.4, -0.2) is 27.8 Å². The number of fused-ring (bicyclic) bond motifs is 1. The molecule has 0 fully saturated rings. The Morgan fingerprint density at radius 3 is 2.76 bits per heavy atom. The van der Waals surface area contributed by atoms with Crippen molar-refractivity contribution in [1.29, 1.82) is 0 Å². The van der Waals surface area contributed by atoms with Gasteiger partial charge in [0.2, 0.25) is 5.78 Å². The van der Waals surface area contributed by atoms with Gasteiger partial charge in [-0.05, 0) is 25.1 Å². The molecule has 146 valence electrons. The van der Waals surface area contributed by atoms with Gasteiger partial charge in [-0.15, -0.1) is 23.1 Å². The first-order valence-electron chi connectivity index (χ1n) is 9.03. The lowest BCUT2D eigenvalue weighted by molar-refractivity contribution is 0.0316. The van der Waals surface area contributed by atoms with E-state index < -0.39 is 12.1 Å². The van der Waals surface area contributed by atoms with E-state index in [2.05, 4.69) is 9.97 Å². The first kappa shape index (κ1) is 19.4. The van der Waals surface area contributed by atoms with Gasteiger partial charge < -0.3 is 9.72 Å². The summed E-state index contributed by atoms with van der Waals surface area (Å²) in [4.78, 5) is 33.8. The number of nitrogens with zero attached hydrogens (tertiary/aromatic N) is 1. The predicted octanol–water partition coefficient (Wildman–Crippen LogP) is 5.34. The molecule has 2 aromatic carbocycles. The van der Waals surface area contributed by atoms with Gasteiger partial charge in [0.05, 0.1) is 16.8 Å². The summed E-state index contributed by atoms with van der Waals surface area (Å²) >= 11 is 3.06. The van der Waals surface area contributed by atoms with E-state index in [1.807, 2.05) is 41.8 Å². The zero-order valence-corrected chi connectivity index (χ0v) is 17.3. The summed E-state index contributed by atoms with van der Waals surface area (Å²) in [5.41, 5.74) is 4.59. The van der Waals surface area contributed by atoms with E-state index in [9.17, 15) is 9.59 Å². The molecule has 1 atom stereocenters. The lowest BCUT2D eigenvalue weighted by Crippen LogP contribution is -2.24. The maximum absolute atomic E-state index is 12.8. The summed E-state index contributed by atoms with van der Waals surface area (Å²) in [7, 11) is 0. The molecule has 2 aromatic heterocycles. The molecule has 0 aliphatic carbocycles. The Bertz CT molecular complexity index is 1150. The van der Waals surface area contributed by atoms with E-state index >= 15 is 0 Å². The smallest absolute Gasteiger partial charge is 0.339 e. The number of benzene rings is 2. The Morgan fingerprint density at radius 2 is 1.93 bits per heavy atom. The fourth-order valence-corrected chi connectivity index (χ4v) is 4.60. The molecule has 0 aliphatic rings. The van der Waals surface area contributed by atoms with Crippen molar-refractivity contribution in [2.24, 2.45) is 0 Å². The molecule has 0 aliphatic heterocycles. The number of ketones is 1. The van der Waals surface area contributed by atoms with Gasteiger partial charge in [-0.3, -0.25) is 4.79 Å². The van der Waals surface area contributed by atoms with Crippen LogP contribution in [0.4, 0.5) is 0 Å². The molecule has 2 heterocycles. The Kier molecular flexibility index (Phi) is 5.78. The number of nitrogens with one attached hydrogen (secondary N) is 1. The Morgan fingerprint density at radius 1 is 1.14 bits per heavy atom. The minimum atomic E-state index is -0.890. The summed E-state index contributed by atoms with van der Waals surface area (Å²) in [5.74, 6) is -0.0760. The van der Waals surface area contributed by atoms with Crippen molar-refractivity contribution < 1.29 is 14.3 Å². The monoisotopic (exact) mass is 422 g/mol. The van der Waals surface area contributed by atoms with Gasteiger partial charge in [-0.25, -0.2) is 9.78 Å². The van der Waals surface area contributed by atoms with Gasteiger partial charge in [-0.1, -0.05) is 30.3 Å². The van der Waals surface area contributed by atoms with Gasteiger partial charge in [0, 0.05) is 38.7 Å². The molecular formula is C22H18N2O3S2. The number of thioether (sulfide) groups is 1. The van der Waals surface area contributed by atoms with Gasteiger partial charge in [0.1, 0.15) is 0 Å². The molecule has 5 nitrogen and oxygen atoms in total. The highest BCUT2D eigenvalue weighted by atomic mass is 32.2. The summed E-state index contributed by atoms with van der Waals surface area (Å²) in [6, 6.07) is 14.8. The minimum absolute atomic E-state index is 0.233. The van der Waals surface area contributed by atoms with Crippen molar-refractivity contribution in [2.45, 2.75) is 23.7 Å². The van der Waals surface area contributed by atoms with Gasteiger partial charge in [0.15, 0.2) is 6.10 Å². The molecule has 0 saturated carbocycles. The summed E-state index contributed by atoms with van der Waals surface area (Å²) in [5, 5.41) is 2.80. The number of hydrogen-bond acceptors (Lipinski definition) is 6. The van der Waals surface area contributed by atoms with E-state index in [0.717, 1.165) is 21.5 Å². The van der Waals surface area contributed by atoms with E-state index in [0.29, 0.717) is 16.9 Å². The second-order valence-corrected chi connectivity index (χ2v) is 8.16. The van der Waals surface area contributed by atoms with Gasteiger partial charge >= 0.3 is 5.97 Å². The number of H-pyrrole nitrogens is 1.